The van der Waals surface area contributed by atoms with Crippen LogP contribution in [0, 0.1) is 5.82 Å². The number of morpholine rings is 1. The summed E-state index contributed by atoms with van der Waals surface area (Å²) in [5.41, 5.74) is 0.488. The third-order valence-corrected chi connectivity index (χ3v) is 4.98. The standard InChI is InChI=1S/C18H18F4N4O2/c19-12-3-1-11(2-4-12)13-9-15(18(20,21)22)26-16(23-13)10-14(24-26)17(27)25-5-7-28-8-6-25/h1-4,10,13,15,23H,5-9H2/t13-,15?/m1/s1. The minimum absolute atomic E-state index is 0.0431. The van der Waals surface area contributed by atoms with Crippen LogP contribution in [-0.4, -0.2) is 53.1 Å². The van der Waals surface area contributed by atoms with Gasteiger partial charge < -0.3 is 15.0 Å². The molecule has 1 aromatic carbocycles. The van der Waals surface area contributed by atoms with Crippen molar-refractivity contribution in [3.8, 4) is 0 Å². The van der Waals surface area contributed by atoms with E-state index in [0.717, 1.165) is 4.68 Å². The first-order valence-electron chi connectivity index (χ1n) is 8.88. The van der Waals surface area contributed by atoms with E-state index in [2.05, 4.69) is 10.4 Å². The number of hydrogen-bond donors (Lipinski definition) is 1. The average molecular weight is 398 g/mol. The van der Waals surface area contributed by atoms with Gasteiger partial charge in [-0.25, -0.2) is 9.07 Å². The molecule has 1 unspecified atom stereocenters. The molecule has 0 bridgehead atoms. The van der Waals surface area contributed by atoms with E-state index in [0.29, 0.717) is 31.9 Å². The summed E-state index contributed by atoms with van der Waals surface area (Å²) in [6.45, 7) is 1.51. The molecule has 4 rings (SSSR count). The topological polar surface area (TPSA) is 59.4 Å². The second kappa shape index (κ2) is 7.08. The van der Waals surface area contributed by atoms with Gasteiger partial charge in [0.25, 0.3) is 5.91 Å². The molecule has 1 saturated heterocycles. The van der Waals surface area contributed by atoms with Gasteiger partial charge in [0.05, 0.1) is 19.3 Å². The number of ether oxygens (including phenoxy) is 1. The Bertz CT molecular complexity index is 859. The van der Waals surface area contributed by atoms with Crippen LogP contribution in [0.25, 0.3) is 0 Å². The second-order valence-corrected chi connectivity index (χ2v) is 6.81. The third kappa shape index (κ3) is 3.56. The highest BCUT2D eigenvalue weighted by molar-refractivity contribution is 5.93. The van der Waals surface area contributed by atoms with Gasteiger partial charge in [-0.05, 0) is 17.7 Å². The lowest BCUT2D eigenvalue weighted by Crippen LogP contribution is -2.41. The van der Waals surface area contributed by atoms with Crippen LogP contribution < -0.4 is 5.32 Å². The summed E-state index contributed by atoms with van der Waals surface area (Å²) in [6, 6.07) is 4.09. The van der Waals surface area contributed by atoms with Crippen molar-refractivity contribution < 1.29 is 27.1 Å². The number of halogens is 4. The molecule has 2 atom stereocenters. The van der Waals surface area contributed by atoms with Crippen molar-refractivity contribution in [1.82, 2.24) is 14.7 Å². The molecule has 3 heterocycles. The van der Waals surface area contributed by atoms with Gasteiger partial charge in [0.1, 0.15) is 11.6 Å². The summed E-state index contributed by atoms with van der Waals surface area (Å²) >= 11 is 0. The number of nitrogens with one attached hydrogen (secondary N) is 1. The molecule has 0 aliphatic carbocycles. The number of benzene rings is 1. The van der Waals surface area contributed by atoms with Gasteiger partial charge in [0, 0.05) is 25.6 Å². The summed E-state index contributed by atoms with van der Waals surface area (Å²) in [6.07, 6.45) is -4.85. The van der Waals surface area contributed by atoms with Crippen LogP contribution in [-0.2, 0) is 4.74 Å². The van der Waals surface area contributed by atoms with Crippen LogP contribution in [0.5, 0.6) is 0 Å². The first kappa shape index (κ1) is 18.7. The van der Waals surface area contributed by atoms with E-state index in [4.69, 9.17) is 4.74 Å². The van der Waals surface area contributed by atoms with Crippen molar-refractivity contribution in [1.29, 1.82) is 0 Å². The van der Waals surface area contributed by atoms with Crippen LogP contribution >= 0.6 is 0 Å². The predicted molar refractivity (Wildman–Crippen MR) is 91.4 cm³/mol. The zero-order valence-corrected chi connectivity index (χ0v) is 14.7. The Morgan fingerprint density at radius 2 is 1.86 bits per heavy atom. The monoisotopic (exact) mass is 398 g/mol. The molecule has 1 aromatic heterocycles. The normalized spacial score (nSPS) is 22.5. The first-order chi connectivity index (χ1) is 13.3. The van der Waals surface area contributed by atoms with Crippen LogP contribution in [0.3, 0.4) is 0 Å². The van der Waals surface area contributed by atoms with E-state index in [1.54, 1.807) is 0 Å². The molecular weight excluding hydrogens is 380 g/mol. The van der Waals surface area contributed by atoms with Gasteiger partial charge >= 0.3 is 6.18 Å². The molecular formula is C18H18F4N4O2. The van der Waals surface area contributed by atoms with E-state index in [-0.39, 0.29) is 17.9 Å². The maximum absolute atomic E-state index is 13.7. The Labute approximate surface area is 158 Å². The van der Waals surface area contributed by atoms with Crippen LogP contribution in [0.15, 0.2) is 30.3 Å². The second-order valence-electron chi connectivity index (χ2n) is 6.81. The van der Waals surface area contributed by atoms with Crippen molar-refractivity contribution in [2.24, 2.45) is 0 Å². The number of amides is 1. The number of nitrogens with zero attached hydrogens (tertiary/aromatic N) is 3. The minimum atomic E-state index is -4.54. The van der Waals surface area contributed by atoms with Gasteiger partial charge in [-0.1, -0.05) is 12.1 Å². The SMILES string of the molecule is O=C(c1cc2n(n1)C(C(F)(F)F)C[C@H](c1ccc(F)cc1)N2)N1CCOCC1. The highest BCUT2D eigenvalue weighted by atomic mass is 19.4. The van der Waals surface area contributed by atoms with Crippen molar-refractivity contribution in [3.05, 3.63) is 47.4 Å². The highest BCUT2D eigenvalue weighted by Gasteiger charge is 2.47. The lowest BCUT2D eigenvalue weighted by atomic mass is 9.97. The van der Waals surface area contributed by atoms with Crippen molar-refractivity contribution >= 4 is 11.7 Å². The average Bonchev–Trinajstić information content (AvgIpc) is 3.11. The minimum Gasteiger partial charge on any atom is -0.378 e. The Kier molecular flexibility index (Phi) is 4.74. The van der Waals surface area contributed by atoms with Crippen LogP contribution in [0.1, 0.15) is 34.6 Å². The maximum Gasteiger partial charge on any atom is 0.410 e. The molecule has 10 heteroatoms. The number of carbonyl (C=O) groups excluding carboxylic acids is 1. The van der Waals surface area contributed by atoms with Crippen molar-refractivity contribution in [2.45, 2.75) is 24.7 Å². The van der Waals surface area contributed by atoms with E-state index in [9.17, 15) is 22.4 Å². The molecule has 0 radical (unpaired) electrons. The number of aromatic nitrogens is 2. The van der Waals surface area contributed by atoms with E-state index in [1.807, 2.05) is 0 Å². The number of carbonyl (C=O) groups is 1. The molecule has 2 aliphatic heterocycles. The van der Waals surface area contributed by atoms with Gasteiger partial charge in [0.2, 0.25) is 0 Å². The van der Waals surface area contributed by atoms with Crippen molar-refractivity contribution in [3.63, 3.8) is 0 Å². The fourth-order valence-electron chi connectivity index (χ4n) is 3.52. The third-order valence-electron chi connectivity index (χ3n) is 4.98. The molecule has 28 heavy (non-hydrogen) atoms. The summed E-state index contributed by atoms with van der Waals surface area (Å²) in [4.78, 5) is 14.1. The van der Waals surface area contributed by atoms with E-state index < -0.39 is 30.0 Å². The number of anilines is 1. The Morgan fingerprint density at radius 1 is 1.18 bits per heavy atom. The molecule has 2 aliphatic rings. The van der Waals surface area contributed by atoms with Crippen molar-refractivity contribution in [2.75, 3.05) is 31.6 Å². The molecule has 1 N–H and O–H groups in total. The van der Waals surface area contributed by atoms with Crippen LogP contribution in [0.4, 0.5) is 23.4 Å². The highest BCUT2D eigenvalue weighted by Crippen LogP contribution is 2.43. The smallest absolute Gasteiger partial charge is 0.378 e. The molecule has 0 saturated carbocycles. The Hall–Kier alpha value is -2.62. The largest absolute Gasteiger partial charge is 0.410 e. The predicted octanol–water partition coefficient (Wildman–Crippen LogP) is 3.15. The zero-order chi connectivity index (χ0) is 19.9. The van der Waals surface area contributed by atoms with Gasteiger partial charge in [-0.15, -0.1) is 0 Å². The Balaban J connectivity index is 1.65. The summed E-state index contributed by atoms with van der Waals surface area (Å²) < 4.78 is 60.2. The molecule has 150 valence electrons. The molecule has 6 nitrogen and oxygen atoms in total. The fourth-order valence-corrected chi connectivity index (χ4v) is 3.52. The van der Waals surface area contributed by atoms with Crippen LogP contribution in [0.2, 0.25) is 0 Å². The summed E-state index contributed by atoms with van der Waals surface area (Å²) in [5.74, 6) is -0.777. The van der Waals surface area contributed by atoms with E-state index in [1.165, 1.54) is 35.2 Å². The molecule has 1 fully saturated rings. The van der Waals surface area contributed by atoms with E-state index >= 15 is 0 Å². The molecule has 1 amide bonds. The number of hydrogen-bond acceptors (Lipinski definition) is 4. The fraction of sp³-hybridized carbons (Fsp3) is 0.444. The first-order valence-corrected chi connectivity index (χ1v) is 8.88. The summed E-state index contributed by atoms with van der Waals surface area (Å²) in [5, 5.41) is 6.95. The number of rotatable bonds is 2. The molecule has 0 spiro atoms. The lowest BCUT2D eigenvalue weighted by molar-refractivity contribution is -0.173. The summed E-state index contributed by atoms with van der Waals surface area (Å²) in [7, 11) is 0. The zero-order valence-electron chi connectivity index (χ0n) is 14.7. The molecule has 2 aromatic rings. The van der Waals surface area contributed by atoms with Gasteiger partial charge in [-0.3, -0.25) is 4.79 Å². The number of fused-ring (bicyclic) bond motifs is 1. The maximum atomic E-state index is 13.7. The number of alkyl halides is 3. The van der Waals surface area contributed by atoms with Gasteiger partial charge in [0.15, 0.2) is 11.7 Å². The lowest BCUT2D eigenvalue weighted by Gasteiger charge is -2.33. The Morgan fingerprint density at radius 3 is 2.50 bits per heavy atom. The van der Waals surface area contributed by atoms with Gasteiger partial charge in [-0.2, -0.15) is 18.3 Å². The quantitative estimate of drug-likeness (QED) is 0.790.